The first kappa shape index (κ1) is 24.3. The third kappa shape index (κ3) is 5.40. The molecule has 1 aromatic heterocycles. The van der Waals surface area contributed by atoms with Gasteiger partial charge >= 0.3 is 11.7 Å². The highest BCUT2D eigenvalue weighted by atomic mass is 16.6. The molecule has 2 rings (SSSR count). The number of nitrogens with one attached hydrogen (secondary N) is 2. The average molecular weight is 445 g/mol. The number of carbonyl (C=O) groups excluding carboxylic acids is 2. The maximum atomic E-state index is 12.4. The molecule has 1 aromatic rings. The Morgan fingerprint density at radius 1 is 1.19 bits per heavy atom. The summed E-state index contributed by atoms with van der Waals surface area (Å²) in [7, 11) is 0. The molecule has 31 heavy (non-hydrogen) atoms. The third-order valence-electron chi connectivity index (χ3n) is 4.54. The third-order valence-corrected chi connectivity index (χ3v) is 4.54. The Morgan fingerprint density at radius 3 is 2.42 bits per heavy atom. The molecule has 0 spiro atoms. The molecular weight excluding hydrogens is 422 g/mol. The predicted molar refractivity (Wildman–Crippen MR) is 98.1 cm³/mol. The standard InChI is InChI=1S/C16H23N5O10/c17-6(4-22)12(26)19-7(5-23)13(27)20-8-9(24)10(25)14(31-11(8)15(28)29)21-3-1-2-18-16(21)30/h1-3,6-11,14,22-25H,4-5,17H2,(H,19,26)(H,20,27)(H,28,29)/t6-,7-,8-,9-,10+,11-,14+/m0/s1. The van der Waals surface area contributed by atoms with Crippen molar-refractivity contribution < 1.29 is 44.7 Å². The van der Waals surface area contributed by atoms with E-state index < -0.39 is 79.4 Å². The predicted octanol–water partition coefficient (Wildman–Crippen LogP) is -5.77. The van der Waals surface area contributed by atoms with Crippen molar-refractivity contribution in [3.8, 4) is 0 Å². The van der Waals surface area contributed by atoms with E-state index in [4.69, 9.17) is 15.6 Å². The second kappa shape index (κ2) is 10.4. The molecule has 15 heteroatoms. The molecule has 1 saturated heterocycles. The molecule has 0 saturated carbocycles. The number of hydrogen-bond acceptors (Lipinski definition) is 11. The summed E-state index contributed by atoms with van der Waals surface area (Å²) in [4.78, 5) is 51.2. The van der Waals surface area contributed by atoms with Crippen LogP contribution in [0.4, 0.5) is 0 Å². The lowest BCUT2D eigenvalue weighted by atomic mass is 9.94. The number of carbonyl (C=O) groups is 3. The molecule has 0 unspecified atom stereocenters. The van der Waals surface area contributed by atoms with Gasteiger partial charge in [-0.05, 0) is 6.07 Å². The van der Waals surface area contributed by atoms with Gasteiger partial charge in [0.15, 0.2) is 12.3 Å². The first-order chi connectivity index (χ1) is 14.6. The van der Waals surface area contributed by atoms with Crippen molar-refractivity contribution in [1.29, 1.82) is 0 Å². The van der Waals surface area contributed by atoms with Gasteiger partial charge in [-0.1, -0.05) is 0 Å². The van der Waals surface area contributed by atoms with E-state index in [9.17, 15) is 39.6 Å². The SMILES string of the molecule is N[C@@H](CO)C(=O)N[C@@H](CO)C(=O)N[C@H]1[C@H](O)[C@@H](O)[C@H](n2cccnc2=O)O[C@@H]1C(=O)O. The minimum atomic E-state index is -1.93. The van der Waals surface area contributed by atoms with Gasteiger partial charge in [0, 0.05) is 12.4 Å². The first-order valence-electron chi connectivity index (χ1n) is 8.98. The molecule has 0 aromatic carbocycles. The van der Waals surface area contributed by atoms with Gasteiger partial charge in [-0.2, -0.15) is 0 Å². The maximum absolute atomic E-state index is 12.4. The Bertz CT molecular complexity index is 863. The van der Waals surface area contributed by atoms with Crippen molar-refractivity contribution in [1.82, 2.24) is 20.2 Å². The summed E-state index contributed by atoms with van der Waals surface area (Å²) in [5.41, 5.74) is 4.43. The van der Waals surface area contributed by atoms with E-state index in [1.807, 2.05) is 5.32 Å². The lowest BCUT2D eigenvalue weighted by Gasteiger charge is -2.42. The average Bonchev–Trinajstić information content (AvgIpc) is 2.74. The van der Waals surface area contributed by atoms with Crippen molar-refractivity contribution in [3.63, 3.8) is 0 Å². The molecule has 2 amide bonds. The smallest absolute Gasteiger partial charge is 0.349 e. The van der Waals surface area contributed by atoms with E-state index in [1.54, 1.807) is 0 Å². The van der Waals surface area contributed by atoms with E-state index in [0.29, 0.717) is 0 Å². The molecule has 172 valence electrons. The Balaban J connectivity index is 2.22. The number of carboxylic acid groups (broad SMARTS) is 1. The minimum absolute atomic E-state index is 0.733. The van der Waals surface area contributed by atoms with Crippen molar-refractivity contribution in [2.75, 3.05) is 13.2 Å². The van der Waals surface area contributed by atoms with E-state index >= 15 is 0 Å². The molecule has 1 fully saturated rings. The van der Waals surface area contributed by atoms with Gasteiger partial charge in [-0.3, -0.25) is 14.2 Å². The fraction of sp³-hybridized carbons (Fsp3) is 0.562. The van der Waals surface area contributed by atoms with Crippen LogP contribution in [0.1, 0.15) is 6.23 Å². The van der Waals surface area contributed by atoms with Crippen LogP contribution in [-0.4, -0.2) is 103 Å². The summed E-state index contributed by atoms with van der Waals surface area (Å²) in [6, 6.07) is -3.39. The Labute approximate surface area is 174 Å². The normalized spacial score (nSPS) is 27.7. The fourth-order valence-corrected chi connectivity index (χ4v) is 2.86. The summed E-state index contributed by atoms with van der Waals surface area (Å²) in [5, 5.41) is 52.7. The van der Waals surface area contributed by atoms with Crippen molar-refractivity contribution in [2.24, 2.45) is 5.73 Å². The topological polar surface area (TPSA) is 247 Å². The van der Waals surface area contributed by atoms with E-state index in [0.717, 1.165) is 17.0 Å². The minimum Gasteiger partial charge on any atom is -0.479 e. The summed E-state index contributed by atoms with van der Waals surface area (Å²) in [6.07, 6.45) is -5.00. The van der Waals surface area contributed by atoms with Crippen LogP contribution < -0.4 is 22.1 Å². The zero-order valence-corrected chi connectivity index (χ0v) is 15.9. The number of rotatable bonds is 8. The molecular formula is C16H23N5O10. The van der Waals surface area contributed by atoms with Gasteiger partial charge in [0.05, 0.1) is 19.3 Å². The van der Waals surface area contributed by atoms with Gasteiger partial charge in [0.25, 0.3) is 0 Å². The van der Waals surface area contributed by atoms with E-state index in [1.165, 1.54) is 6.07 Å². The molecule has 15 nitrogen and oxygen atoms in total. The number of nitrogens with two attached hydrogens (primary N) is 1. The molecule has 0 aliphatic carbocycles. The molecule has 0 radical (unpaired) electrons. The van der Waals surface area contributed by atoms with Crippen LogP contribution in [-0.2, 0) is 19.1 Å². The molecule has 7 atom stereocenters. The number of carboxylic acids is 1. The molecule has 0 bridgehead atoms. The highest BCUT2D eigenvalue weighted by molar-refractivity contribution is 5.90. The highest BCUT2D eigenvalue weighted by Crippen LogP contribution is 2.27. The molecule has 2 heterocycles. The van der Waals surface area contributed by atoms with Crippen LogP contribution in [0.5, 0.6) is 0 Å². The lowest BCUT2D eigenvalue weighted by Crippen LogP contribution is -2.66. The van der Waals surface area contributed by atoms with Crippen LogP contribution >= 0.6 is 0 Å². The van der Waals surface area contributed by atoms with Crippen LogP contribution in [0.15, 0.2) is 23.3 Å². The number of aromatic nitrogens is 2. The zero-order chi connectivity index (χ0) is 23.3. The Kier molecular flexibility index (Phi) is 8.14. The number of ether oxygens (including phenoxy) is 1. The number of nitrogens with zero attached hydrogens (tertiary/aromatic N) is 2. The lowest BCUT2D eigenvalue weighted by molar-refractivity contribution is -0.221. The second-order valence-electron chi connectivity index (χ2n) is 6.64. The Hall–Kier alpha value is -2.95. The van der Waals surface area contributed by atoms with Gasteiger partial charge in [0.1, 0.15) is 24.3 Å². The highest BCUT2D eigenvalue weighted by Gasteiger charge is 2.49. The summed E-state index contributed by atoms with van der Waals surface area (Å²) < 4.78 is 6.03. The van der Waals surface area contributed by atoms with Crippen LogP contribution in [0.2, 0.25) is 0 Å². The first-order valence-corrected chi connectivity index (χ1v) is 8.98. The monoisotopic (exact) mass is 445 g/mol. The van der Waals surface area contributed by atoms with Gasteiger partial charge in [-0.25, -0.2) is 14.6 Å². The van der Waals surface area contributed by atoms with Crippen LogP contribution in [0, 0.1) is 0 Å². The number of aliphatic hydroxyl groups is 4. The molecule has 1 aliphatic heterocycles. The zero-order valence-electron chi connectivity index (χ0n) is 15.9. The van der Waals surface area contributed by atoms with E-state index in [2.05, 4.69) is 10.3 Å². The Morgan fingerprint density at radius 2 is 1.87 bits per heavy atom. The largest absolute Gasteiger partial charge is 0.479 e. The van der Waals surface area contributed by atoms with E-state index in [-0.39, 0.29) is 0 Å². The number of aliphatic carboxylic acids is 1. The van der Waals surface area contributed by atoms with Gasteiger partial charge in [-0.15, -0.1) is 0 Å². The van der Waals surface area contributed by atoms with Crippen LogP contribution in [0.25, 0.3) is 0 Å². The number of amides is 2. The maximum Gasteiger partial charge on any atom is 0.349 e. The molecule has 1 aliphatic rings. The summed E-state index contributed by atoms with van der Waals surface area (Å²) >= 11 is 0. The van der Waals surface area contributed by atoms with Crippen molar-refractivity contribution in [2.45, 2.75) is 42.7 Å². The second-order valence-corrected chi connectivity index (χ2v) is 6.64. The van der Waals surface area contributed by atoms with Crippen molar-refractivity contribution >= 4 is 17.8 Å². The number of hydrogen-bond donors (Lipinski definition) is 8. The van der Waals surface area contributed by atoms with Gasteiger partial charge in [0.2, 0.25) is 11.8 Å². The molecule has 9 N–H and O–H groups in total. The van der Waals surface area contributed by atoms with Crippen LogP contribution in [0.3, 0.4) is 0 Å². The summed E-state index contributed by atoms with van der Waals surface area (Å²) in [5.74, 6) is -3.72. The summed E-state index contributed by atoms with van der Waals surface area (Å²) in [6.45, 7) is -1.66. The van der Waals surface area contributed by atoms with Crippen molar-refractivity contribution in [3.05, 3.63) is 28.9 Å². The van der Waals surface area contributed by atoms with Gasteiger partial charge < -0.3 is 46.6 Å². The fourth-order valence-electron chi connectivity index (χ4n) is 2.86. The number of aliphatic hydroxyl groups excluding tert-OH is 4. The quantitative estimate of drug-likeness (QED) is 0.186.